The van der Waals surface area contributed by atoms with Gasteiger partial charge in [-0.25, -0.2) is 0 Å². The maximum absolute atomic E-state index is 12.3. The van der Waals surface area contributed by atoms with Crippen molar-refractivity contribution in [1.82, 2.24) is 15.0 Å². The Morgan fingerprint density at radius 1 is 1.12 bits per heavy atom. The molecule has 1 amide bonds. The van der Waals surface area contributed by atoms with E-state index in [1.807, 2.05) is 6.92 Å². The second-order valence-electron chi connectivity index (χ2n) is 5.08. The second-order valence-corrected chi connectivity index (χ2v) is 5.49. The SMILES string of the molecule is Cc1ccc(-n2nc3ccc(NC(=O)C(F)(F)F)cc3n2)cc1Cl. The van der Waals surface area contributed by atoms with Gasteiger partial charge in [0.05, 0.1) is 5.69 Å². The summed E-state index contributed by atoms with van der Waals surface area (Å²) in [4.78, 5) is 12.3. The summed E-state index contributed by atoms with van der Waals surface area (Å²) >= 11 is 6.06. The van der Waals surface area contributed by atoms with Crippen LogP contribution in [0, 0.1) is 6.92 Å². The first-order valence-corrected chi connectivity index (χ1v) is 7.13. The average Bonchev–Trinajstić information content (AvgIpc) is 2.92. The smallest absolute Gasteiger partial charge is 0.318 e. The molecule has 0 atom stereocenters. The highest BCUT2D eigenvalue weighted by atomic mass is 35.5. The summed E-state index contributed by atoms with van der Waals surface area (Å²) in [6.07, 6.45) is -4.95. The number of rotatable bonds is 2. The van der Waals surface area contributed by atoms with Crippen LogP contribution in [0.4, 0.5) is 18.9 Å². The van der Waals surface area contributed by atoms with Crippen LogP contribution in [-0.4, -0.2) is 27.1 Å². The molecule has 1 aromatic heterocycles. The Bertz CT molecular complexity index is 936. The average molecular weight is 355 g/mol. The Morgan fingerprint density at radius 2 is 1.83 bits per heavy atom. The first kappa shape index (κ1) is 16.3. The number of fused-ring (bicyclic) bond motifs is 1. The lowest BCUT2D eigenvalue weighted by atomic mass is 10.2. The van der Waals surface area contributed by atoms with Crippen LogP contribution in [0.2, 0.25) is 5.02 Å². The highest BCUT2D eigenvalue weighted by molar-refractivity contribution is 6.31. The van der Waals surface area contributed by atoms with Gasteiger partial charge in [-0.2, -0.15) is 18.0 Å². The normalized spacial score (nSPS) is 11.7. The Hall–Kier alpha value is -2.61. The molecule has 24 heavy (non-hydrogen) atoms. The molecule has 0 unspecified atom stereocenters. The highest BCUT2D eigenvalue weighted by Gasteiger charge is 2.38. The van der Waals surface area contributed by atoms with Crippen molar-refractivity contribution in [3.63, 3.8) is 0 Å². The van der Waals surface area contributed by atoms with Gasteiger partial charge in [0.1, 0.15) is 11.0 Å². The molecule has 124 valence electrons. The zero-order chi connectivity index (χ0) is 17.5. The van der Waals surface area contributed by atoms with E-state index in [0.717, 1.165) is 5.56 Å². The number of amides is 1. The van der Waals surface area contributed by atoms with E-state index in [2.05, 4.69) is 10.2 Å². The first-order chi connectivity index (χ1) is 11.2. The first-order valence-electron chi connectivity index (χ1n) is 6.76. The summed E-state index contributed by atoms with van der Waals surface area (Å²) in [5, 5.41) is 10.8. The summed E-state index contributed by atoms with van der Waals surface area (Å²) in [6.45, 7) is 1.86. The molecule has 0 spiro atoms. The van der Waals surface area contributed by atoms with Crippen LogP contribution in [0.25, 0.3) is 16.7 Å². The fraction of sp³-hybridized carbons (Fsp3) is 0.133. The zero-order valence-electron chi connectivity index (χ0n) is 12.2. The molecule has 5 nitrogen and oxygen atoms in total. The maximum Gasteiger partial charge on any atom is 0.471 e. The molecule has 0 saturated carbocycles. The molecule has 0 aliphatic heterocycles. The minimum atomic E-state index is -4.95. The van der Waals surface area contributed by atoms with Gasteiger partial charge >= 0.3 is 12.1 Å². The van der Waals surface area contributed by atoms with Crippen LogP contribution >= 0.6 is 11.6 Å². The van der Waals surface area contributed by atoms with Crippen molar-refractivity contribution in [2.75, 3.05) is 5.32 Å². The molecule has 3 aromatic rings. The number of nitrogens with zero attached hydrogens (tertiary/aromatic N) is 3. The highest BCUT2D eigenvalue weighted by Crippen LogP contribution is 2.23. The number of alkyl halides is 3. The predicted molar refractivity (Wildman–Crippen MR) is 83.3 cm³/mol. The number of aromatic nitrogens is 3. The zero-order valence-corrected chi connectivity index (χ0v) is 13.0. The predicted octanol–water partition coefficient (Wildman–Crippen LogP) is 3.88. The minimum Gasteiger partial charge on any atom is -0.318 e. The van der Waals surface area contributed by atoms with Crippen LogP contribution in [-0.2, 0) is 4.79 Å². The summed E-state index contributed by atoms with van der Waals surface area (Å²) in [6, 6.07) is 9.38. The largest absolute Gasteiger partial charge is 0.471 e. The molecule has 1 heterocycles. The molecule has 0 saturated heterocycles. The van der Waals surface area contributed by atoms with E-state index in [-0.39, 0.29) is 5.69 Å². The number of hydrogen-bond donors (Lipinski definition) is 1. The monoisotopic (exact) mass is 354 g/mol. The lowest BCUT2D eigenvalue weighted by Crippen LogP contribution is -2.29. The Labute approximate surface area is 139 Å². The van der Waals surface area contributed by atoms with Crippen molar-refractivity contribution in [3.05, 3.63) is 47.0 Å². The molecular weight excluding hydrogens is 345 g/mol. The summed E-state index contributed by atoms with van der Waals surface area (Å²) < 4.78 is 36.9. The molecule has 1 N–H and O–H groups in total. The van der Waals surface area contributed by atoms with Gasteiger partial charge in [0.25, 0.3) is 0 Å². The topological polar surface area (TPSA) is 59.8 Å². The third-order valence-corrected chi connectivity index (χ3v) is 3.69. The molecule has 9 heteroatoms. The van der Waals surface area contributed by atoms with Crippen molar-refractivity contribution in [3.8, 4) is 5.69 Å². The van der Waals surface area contributed by atoms with E-state index in [0.29, 0.717) is 21.7 Å². The molecular formula is C15H10ClF3N4O. The number of aryl methyl sites for hydroxylation is 1. The summed E-state index contributed by atoms with van der Waals surface area (Å²) in [5.74, 6) is -2.04. The molecule has 0 aliphatic rings. The molecule has 0 bridgehead atoms. The van der Waals surface area contributed by atoms with Gasteiger partial charge in [-0.3, -0.25) is 4.79 Å². The van der Waals surface area contributed by atoms with Crippen molar-refractivity contribution in [1.29, 1.82) is 0 Å². The number of benzene rings is 2. The second kappa shape index (κ2) is 5.79. The minimum absolute atomic E-state index is 0.0150. The van der Waals surface area contributed by atoms with Crippen molar-refractivity contribution in [2.45, 2.75) is 13.1 Å². The standard InChI is InChI=1S/C15H10ClF3N4O/c1-8-2-4-10(7-11(8)16)23-21-12-5-3-9(6-13(12)22-23)20-14(24)15(17,18)19/h2-7H,1H3,(H,20,24). The summed E-state index contributed by atoms with van der Waals surface area (Å²) in [5.41, 5.74) is 2.30. The van der Waals surface area contributed by atoms with E-state index >= 15 is 0 Å². The van der Waals surface area contributed by atoms with Crippen LogP contribution < -0.4 is 5.32 Å². The summed E-state index contributed by atoms with van der Waals surface area (Å²) in [7, 11) is 0. The molecule has 0 radical (unpaired) electrons. The van der Waals surface area contributed by atoms with Crippen LogP contribution in [0.5, 0.6) is 0 Å². The van der Waals surface area contributed by atoms with Crippen molar-refractivity contribution >= 4 is 34.2 Å². The molecule has 2 aromatic carbocycles. The molecule has 0 fully saturated rings. The van der Waals surface area contributed by atoms with Crippen LogP contribution in [0.1, 0.15) is 5.56 Å². The number of halogens is 4. The third kappa shape index (κ3) is 3.18. The molecule has 0 aliphatic carbocycles. The number of anilines is 1. The fourth-order valence-electron chi connectivity index (χ4n) is 2.02. The lowest BCUT2D eigenvalue weighted by molar-refractivity contribution is -0.167. The van der Waals surface area contributed by atoms with Gasteiger partial charge in [-0.15, -0.1) is 10.2 Å². The number of carbonyl (C=O) groups excluding carboxylic acids is 1. The fourth-order valence-corrected chi connectivity index (χ4v) is 2.19. The Morgan fingerprint density at radius 3 is 2.50 bits per heavy atom. The van der Waals surface area contributed by atoms with Gasteiger partial charge < -0.3 is 5.32 Å². The Kier molecular flexibility index (Phi) is 3.92. The van der Waals surface area contributed by atoms with Crippen LogP contribution in [0.3, 0.4) is 0 Å². The van der Waals surface area contributed by atoms with Gasteiger partial charge in [0.2, 0.25) is 0 Å². The number of nitrogens with one attached hydrogen (secondary N) is 1. The van der Waals surface area contributed by atoms with E-state index < -0.39 is 12.1 Å². The van der Waals surface area contributed by atoms with E-state index in [9.17, 15) is 18.0 Å². The van der Waals surface area contributed by atoms with E-state index in [1.54, 1.807) is 23.5 Å². The number of carbonyl (C=O) groups is 1. The van der Waals surface area contributed by atoms with Gasteiger partial charge in [0.15, 0.2) is 0 Å². The Balaban J connectivity index is 1.94. The van der Waals surface area contributed by atoms with Crippen LogP contribution in [0.15, 0.2) is 36.4 Å². The quantitative estimate of drug-likeness (QED) is 0.759. The van der Waals surface area contributed by atoms with Crippen molar-refractivity contribution in [2.24, 2.45) is 0 Å². The van der Waals surface area contributed by atoms with Gasteiger partial charge in [-0.1, -0.05) is 17.7 Å². The molecule has 3 rings (SSSR count). The van der Waals surface area contributed by atoms with Gasteiger partial charge in [0, 0.05) is 10.7 Å². The van der Waals surface area contributed by atoms with Crippen molar-refractivity contribution < 1.29 is 18.0 Å². The lowest BCUT2D eigenvalue weighted by Gasteiger charge is -2.07. The van der Waals surface area contributed by atoms with E-state index in [4.69, 9.17) is 11.6 Å². The van der Waals surface area contributed by atoms with E-state index in [1.165, 1.54) is 23.0 Å². The third-order valence-electron chi connectivity index (χ3n) is 3.28. The maximum atomic E-state index is 12.3. The van der Waals surface area contributed by atoms with Gasteiger partial charge in [-0.05, 0) is 42.8 Å². The number of hydrogen-bond acceptors (Lipinski definition) is 3.